The van der Waals surface area contributed by atoms with Crippen molar-refractivity contribution >= 4 is 61.5 Å². The molecule has 1 saturated heterocycles. The van der Waals surface area contributed by atoms with Gasteiger partial charge in [-0.25, -0.2) is 0 Å². The van der Waals surface area contributed by atoms with Crippen molar-refractivity contribution < 1.29 is 0 Å². The number of nitrogens with one attached hydrogen (secondary N) is 2. The molecule has 1 aliphatic rings. The van der Waals surface area contributed by atoms with E-state index in [1.54, 1.807) is 0 Å². The lowest BCUT2D eigenvalue weighted by Crippen LogP contribution is -2.29. The Bertz CT molecular complexity index is 987. The molecule has 3 heterocycles. The number of pyridine rings is 1. The SMILES string of the molecule is Cc1[nH]c(C)c([C@@H]2[C@H](c3ccccn3)NC(=S)N2c2ccc(Br)cc2)c1I. The first kappa shape index (κ1) is 18.9. The van der Waals surface area contributed by atoms with Gasteiger partial charge in [0.15, 0.2) is 5.11 Å². The molecule has 1 fully saturated rings. The summed E-state index contributed by atoms with van der Waals surface area (Å²) in [6.45, 7) is 4.24. The number of nitrogens with zero attached hydrogens (tertiary/aromatic N) is 2. The Labute approximate surface area is 186 Å². The van der Waals surface area contributed by atoms with Crippen LogP contribution in [0.15, 0.2) is 53.1 Å². The molecule has 0 radical (unpaired) electrons. The summed E-state index contributed by atoms with van der Waals surface area (Å²) in [5.41, 5.74) is 5.65. The Morgan fingerprint density at radius 2 is 1.85 bits per heavy atom. The Morgan fingerprint density at radius 3 is 2.44 bits per heavy atom. The van der Waals surface area contributed by atoms with Gasteiger partial charge in [0, 0.05) is 36.9 Å². The van der Waals surface area contributed by atoms with Crippen LogP contribution in [0.1, 0.15) is 34.7 Å². The van der Waals surface area contributed by atoms with E-state index in [1.807, 2.05) is 30.5 Å². The molecule has 0 unspecified atom stereocenters. The summed E-state index contributed by atoms with van der Waals surface area (Å²) < 4.78 is 2.29. The van der Waals surface area contributed by atoms with Crippen LogP contribution in [-0.4, -0.2) is 15.1 Å². The number of aromatic amines is 1. The number of hydrogen-bond donors (Lipinski definition) is 2. The number of anilines is 1. The quantitative estimate of drug-likeness (QED) is 0.329. The molecule has 0 amide bonds. The summed E-state index contributed by atoms with van der Waals surface area (Å²) in [5, 5.41) is 4.23. The molecule has 4 rings (SSSR count). The van der Waals surface area contributed by atoms with Crippen molar-refractivity contribution in [2.24, 2.45) is 0 Å². The van der Waals surface area contributed by atoms with E-state index < -0.39 is 0 Å². The van der Waals surface area contributed by atoms with Gasteiger partial charge < -0.3 is 15.2 Å². The Hall–Kier alpha value is -1.45. The third-order valence-corrected chi connectivity index (χ3v) is 7.08. The number of aromatic nitrogens is 2. The van der Waals surface area contributed by atoms with Gasteiger partial charge in [-0.15, -0.1) is 0 Å². The van der Waals surface area contributed by atoms with Gasteiger partial charge in [0.25, 0.3) is 0 Å². The minimum Gasteiger partial charge on any atom is -0.362 e. The van der Waals surface area contributed by atoms with Crippen molar-refractivity contribution in [3.63, 3.8) is 0 Å². The summed E-state index contributed by atoms with van der Waals surface area (Å²) in [6.07, 6.45) is 1.83. The van der Waals surface area contributed by atoms with E-state index in [0.717, 1.165) is 21.5 Å². The summed E-state index contributed by atoms with van der Waals surface area (Å²) in [4.78, 5) is 10.3. The molecule has 27 heavy (non-hydrogen) atoms. The molecular formula is C20H18BrIN4S. The van der Waals surface area contributed by atoms with Crippen molar-refractivity contribution in [1.82, 2.24) is 15.3 Å². The first-order valence-corrected chi connectivity index (χ1v) is 10.9. The van der Waals surface area contributed by atoms with Crippen LogP contribution in [-0.2, 0) is 0 Å². The lowest BCUT2D eigenvalue weighted by molar-refractivity contribution is 0.564. The first-order valence-electron chi connectivity index (χ1n) is 8.58. The molecule has 1 aromatic carbocycles. The highest BCUT2D eigenvalue weighted by Gasteiger charge is 2.42. The van der Waals surface area contributed by atoms with Crippen molar-refractivity contribution in [2.45, 2.75) is 25.9 Å². The van der Waals surface area contributed by atoms with E-state index in [0.29, 0.717) is 5.11 Å². The number of halogens is 2. The molecule has 3 aromatic rings. The van der Waals surface area contributed by atoms with Gasteiger partial charge >= 0.3 is 0 Å². The van der Waals surface area contributed by atoms with Gasteiger partial charge in [-0.2, -0.15) is 0 Å². The van der Waals surface area contributed by atoms with Gasteiger partial charge in [-0.1, -0.05) is 22.0 Å². The molecule has 4 nitrogen and oxygen atoms in total. The smallest absolute Gasteiger partial charge is 0.174 e. The normalized spacial score (nSPS) is 19.4. The van der Waals surface area contributed by atoms with Gasteiger partial charge in [-0.3, -0.25) is 4.98 Å². The van der Waals surface area contributed by atoms with Crippen molar-refractivity contribution in [1.29, 1.82) is 0 Å². The largest absolute Gasteiger partial charge is 0.362 e. The Balaban J connectivity index is 1.89. The first-order chi connectivity index (χ1) is 13.0. The molecule has 0 spiro atoms. The van der Waals surface area contributed by atoms with Crippen molar-refractivity contribution in [2.75, 3.05) is 4.90 Å². The number of rotatable bonds is 3. The maximum atomic E-state index is 5.77. The minimum atomic E-state index is -0.0234. The standard InChI is InChI=1S/C20H18BrIN4S/c1-11-16(17(22)12(2)24-11)19-18(15-5-3-4-10-23-15)25-20(27)26(19)14-8-6-13(21)7-9-14/h3-10,18-19,24H,1-2H3,(H,25,27)/t18-,19+/m0/s1. The maximum absolute atomic E-state index is 5.77. The molecule has 0 saturated carbocycles. The molecule has 0 aliphatic carbocycles. The minimum absolute atomic E-state index is 0.0189. The van der Waals surface area contributed by atoms with Crippen LogP contribution in [0.4, 0.5) is 5.69 Å². The molecule has 7 heteroatoms. The van der Waals surface area contributed by atoms with E-state index >= 15 is 0 Å². The van der Waals surface area contributed by atoms with Crippen LogP contribution in [0.2, 0.25) is 0 Å². The fraction of sp³-hybridized carbons (Fsp3) is 0.200. The van der Waals surface area contributed by atoms with E-state index in [2.05, 4.69) is 90.8 Å². The highest BCUT2D eigenvalue weighted by molar-refractivity contribution is 14.1. The summed E-state index contributed by atoms with van der Waals surface area (Å²) in [6, 6.07) is 14.3. The fourth-order valence-corrected chi connectivity index (χ4v) is 5.12. The molecule has 2 atom stereocenters. The van der Waals surface area contributed by atoms with Crippen molar-refractivity contribution in [3.05, 3.63) is 79.3 Å². The van der Waals surface area contributed by atoms with Crippen LogP contribution in [0.25, 0.3) is 0 Å². The molecule has 138 valence electrons. The maximum Gasteiger partial charge on any atom is 0.174 e. The molecule has 0 bridgehead atoms. The lowest BCUT2D eigenvalue weighted by atomic mass is 9.96. The van der Waals surface area contributed by atoms with E-state index in [4.69, 9.17) is 12.2 Å². The van der Waals surface area contributed by atoms with Crippen LogP contribution in [0.3, 0.4) is 0 Å². The van der Waals surface area contributed by atoms with Crippen LogP contribution in [0, 0.1) is 17.4 Å². The van der Waals surface area contributed by atoms with Crippen molar-refractivity contribution in [3.8, 4) is 0 Å². The number of H-pyrrole nitrogens is 1. The number of hydrogen-bond acceptors (Lipinski definition) is 2. The second kappa shape index (κ2) is 7.52. The Morgan fingerprint density at radius 1 is 1.11 bits per heavy atom. The zero-order chi connectivity index (χ0) is 19.1. The predicted molar refractivity (Wildman–Crippen MR) is 125 cm³/mol. The van der Waals surface area contributed by atoms with Gasteiger partial charge in [0.2, 0.25) is 0 Å². The average molecular weight is 553 g/mol. The molecule has 1 aliphatic heterocycles. The number of aryl methyl sites for hydroxylation is 2. The fourth-order valence-electron chi connectivity index (χ4n) is 3.65. The predicted octanol–water partition coefficient (Wildman–Crippen LogP) is 5.57. The van der Waals surface area contributed by atoms with Gasteiger partial charge in [-0.05, 0) is 85.1 Å². The van der Waals surface area contributed by atoms with E-state index in [9.17, 15) is 0 Å². The Kier molecular flexibility index (Phi) is 5.26. The molecular weight excluding hydrogens is 535 g/mol. The number of thiocarbonyl (C=S) groups is 1. The van der Waals surface area contributed by atoms with Crippen LogP contribution >= 0.6 is 50.7 Å². The second-order valence-corrected chi connectivity index (χ2v) is 8.96. The van der Waals surface area contributed by atoms with Crippen LogP contribution in [0.5, 0.6) is 0 Å². The second-order valence-electron chi connectivity index (χ2n) is 6.58. The summed E-state index contributed by atoms with van der Waals surface area (Å²) in [7, 11) is 0. The lowest BCUT2D eigenvalue weighted by Gasteiger charge is -2.28. The van der Waals surface area contributed by atoms with Crippen LogP contribution < -0.4 is 10.2 Å². The van der Waals surface area contributed by atoms with Gasteiger partial charge in [0.05, 0.1) is 17.8 Å². The topological polar surface area (TPSA) is 44.0 Å². The monoisotopic (exact) mass is 552 g/mol. The third-order valence-electron chi connectivity index (χ3n) is 4.84. The van der Waals surface area contributed by atoms with Gasteiger partial charge in [0.1, 0.15) is 0 Å². The molecule has 2 N–H and O–H groups in total. The van der Waals surface area contributed by atoms with E-state index in [-0.39, 0.29) is 12.1 Å². The number of benzene rings is 1. The zero-order valence-electron chi connectivity index (χ0n) is 14.8. The highest BCUT2D eigenvalue weighted by atomic mass is 127. The average Bonchev–Trinajstić information content (AvgIpc) is 3.12. The third kappa shape index (κ3) is 3.40. The zero-order valence-corrected chi connectivity index (χ0v) is 19.4. The summed E-state index contributed by atoms with van der Waals surface area (Å²) >= 11 is 11.7. The highest BCUT2D eigenvalue weighted by Crippen LogP contribution is 2.44. The molecule has 2 aromatic heterocycles. The van der Waals surface area contributed by atoms with E-state index in [1.165, 1.54) is 14.8 Å². The summed E-state index contributed by atoms with van der Waals surface area (Å²) in [5.74, 6) is 0.